The highest BCUT2D eigenvalue weighted by atomic mass is 35.5. The van der Waals surface area contributed by atoms with E-state index in [2.05, 4.69) is 5.32 Å². The van der Waals surface area contributed by atoms with Crippen molar-refractivity contribution in [1.82, 2.24) is 0 Å². The smallest absolute Gasteiger partial charge is 0.247 e. The number of carbonyl (C=O) groups excluding carboxylic acids is 1. The number of benzene rings is 2. The molecule has 0 aliphatic heterocycles. The van der Waals surface area contributed by atoms with Crippen LogP contribution < -0.4 is 9.62 Å². The van der Waals surface area contributed by atoms with E-state index in [9.17, 15) is 13.2 Å². The van der Waals surface area contributed by atoms with E-state index >= 15 is 0 Å². The molecule has 1 N–H and O–H groups in total. The molecule has 1 atom stereocenters. The number of rotatable bonds is 6. The summed E-state index contributed by atoms with van der Waals surface area (Å²) in [5.41, 5.74) is 1.50. The molecule has 0 unspecified atom stereocenters. The molecule has 142 valence electrons. The third-order valence-electron chi connectivity index (χ3n) is 3.69. The molecule has 0 spiro atoms. The van der Waals surface area contributed by atoms with Gasteiger partial charge in [-0.3, -0.25) is 9.10 Å². The minimum absolute atomic E-state index is 0.196. The Morgan fingerprint density at radius 2 is 1.74 bits per heavy atom. The molecular weight excluding hydrogens is 409 g/mol. The van der Waals surface area contributed by atoms with Gasteiger partial charge >= 0.3 is 0 Å². The molecule has 0 aromatic heterocycles. The normalized spacial score (nSPS) is 12.1. The van der Waals surface area contributed by atoms with Gasteiger partial charge < -0.3 is 5.32 Å². The van der Waals surface area contributed by atoms with Crippen LogP contribution in [0.2, 0.25) is 10.0 Å². The van der Waals surface area contributed by atoms with Crippen molar-refractivity contribution < 1.29 is 13.2 Å². The van der Waals surface area contributed by atoms with E-state index in [1.807, 2.05) is 6.07 Å². The summed E-state index contributed by atoms with van der Waals surface area (Å²) >= 11 is 11.9. The maximum absolute atomic E-state index is 12.6. The standard InChI is InChI=1S/C18H17Cl2N3O3S/c1-12(18(24)22-16-5-3-13(4-6-16)7-8-21)23(27(2,25)26)17-10-14(19)9-15(20)11-17/h3-6,9-12H,7H2,1-2H3,(H,22,24)/t12-/m1/s1. The molecule has 0 saturated heterocycles. The lowest BCUT2D eigenvalue weighted by Crippen LogP contribution is -2.45. The fraction of sp³-hybridized carbons (Fsp3) is 0.222. The van der Waals surface area contributed by atoms with Crippen molar-refractivity contribution in [3.05, 3.63) is 58.1 Å². The SMILES string of the molecule is C[C@H](C(=O)Nc1ccc(CC#N)cc1)N(c1cc(Cl)cc(Cl)c1)S(C)(=O)=O. The maximum atomic E-state index is 12.6. The number of hydrogen-bond acceptors (Lipinski definition) is 4. The number of hydrogen-bond donors (Lipinski definition) is 1. The summed E-state index contributed by atoms with van der Waals surface area (Å²) in [6, 6.07) is 12.1. The van der Waals surface area contributed by atoms with Crippen LogP contribution in [-0.2, 0) is 21.2 Å². The predicted octanol–water partition coefficient (Wildman–Crippen LogP) is 3.85. The number of carbonyl (C=O) groups is 1. The number of amides is 1. The number of sulfonamides is 1. The lowest BCUT2D eigenvalue weighted by Gasteiger charge is -2.28. The second-order valence-electron chi connectivity index (χ2n) is 5.88. The first-order valence-electron chi connectivity index (χ1n) is 7.84. The molecule has 0 aliphatic carbocycles. The largest absolute Gasteiger partial charge is 0.324 e. The molecule has 2 aromatic carbocycles. The summed E-state index contributed by atoms with van der Waals surface area (Å²) in [5, 5.41) is 11.9. The monoisotopic (exact) mass is 425 g/mol. The van der Waals surface area contributed by atoms with E-state index in [1.165, 1.54) is 25.1 Å². The molecule has 0 heterocycles. The van der Waals surface area contributed by atoms with E-state index < -0.39 is 22.0 Å². The number of nitrogens with zero attached hydrogens (tertiary/aromatic N) is 2. The fourth-order valence-electron chi connectivity index (χ4n) is 2.52. The van der Waals surface area contributed by atoms with Crippen LogP contribution >= 0.6 is 23.2 Å². The van der Waals surface area contributed by atoms with Crippen LogP contribution in [0.25, 0.3) is 0 Å². The average molecular weight is 426 g/mol. The molecule has 0 saturated carbocycles. The Bertz CT molecular complexity index is 966. The number of nitrogens with one attached hydrogen (secondary N) is 1. The van der Waals surface area contributed by atoms with Crippen molar-refractivity contribution in [1.29, 1.82) is 5.26 Å². The van der Waals surface area contributed by atoms with E-state index in [4.69, 9.17) is 28.5 Å². The first-order valence-corrected chi connectivity index (χ1v) is 10.4. The van der Waals surface area contributed by atoms with Crippen molar-refractivity contribution in [2.75, 3.05) is 15.9 Å². The highest BCUT2D eigenvalue weighted by Gasteiger charge is 2.29. The second-order valence-corrected chi connectivity index (χ2v) is 8.62. The van der Waals surface area contributed by atoms with Gasteiger partial charge in [0.1, 0.15) is 6.04 Å². The maximum Gasteiger partial charge on any atom is 0.247 e. The van der Waals surface area contributed by atoms with E-state index in [1.54, 1.807) is 24.3 Å². The van der Waals surface area contributed by atoms with Gasteiger partial charge in [-0.25, -0.2) is 8.42 Å². The Kier molecular flexibility index (Phi) is 6.71. The molecular formula is C18H17Cl2N3O3S. The quantitative estimate of drug-likeness (QED) is 0.760. The Balaban J connectivity index is 2.28. The predicted molar refractivity (Wildman–Crippen MR) is 108 cm³/mol. The van der Waals surface area contributed by atoms with Crippen molar-refractivity contribution >= 4 is 50.5 Å². The van der Waals surface area contributed by atoms with Crippen LogP contribution in [0.4, 0.5) is 11.4 Å². The number of anilines is 2. The highest BCUT2D eigenvalue weighted by Crippen LogP contribution is 2.29. The van der Waals surface area contributed by atoms with Crippen molar-refractivity contribution in [2.24, 2.45) is 0 Å². The van der Waals surface area contributed by atoms with E-state index in [-0.39, 0.29) is 22.2 Å². The lowest BCUT2D eigenvalue weighted by atomic mass is 10.1. The Morgan fingerprint density at radius 1 is 1.19 bits per heavy atom. The van der Waals surface area contributed by atoms with Gasteiger partial charge in [0.25, 0.3) is 0 Å². The summed E-state index contributed by atoms with van der Waals surface area (Å²) in [7, 11) is -3.78. The van der Waals surface area contributed by atoms with Gasteiger partial charge in [-0.05, 0) is 42.8 Å². The summed E-state index contributed by atoms with van der Waals surface area (Å²) in [4.78, 5) is 12.6. The van der Waals surface area contributed by atoms with E-state index in [0.29, 0.717) is 5.69 Å². The van der Waals surface area contributed by atoms with E-state index in [0.717, 1.165) is 16.1 Å². The van der Waals surface area contributed by atoms with Gasteiger partial charge in [-0.1, -0.05) is 35.3 Å². The fourth-order valence-corrected chi connectivity index (χ4v) is 4.19. The summed E-state index contributed by atoms with van der Waals surface area (Å²) in [6.07, 6.45) is 1.27. The number of nitriles is 1. The Hall–Kier alpha value is -2.27. The van der Waals surface area contributed by atoms with Gasteiger partial charge in [-0.15, -0.1) is 0 Å². The first-order chi connectivity index (χ1) is 12.6. The van der Waals surface area contributed by atoms with Gasteiger partial charge in [0.05, 0.1) is 24.4 Å². The molecule has 6 nitrogen and oxygen atoms in total. The summed E-state index contributed by atoms with van der Waals surface area (Å²) < 4.78 is 25.6. The van der Waals surface area contributed by atoms with Crippen LogP contribution in [0.5, 0.6) is 0 Å². The van der Waals surface area contributed by atoms with Crippen LogP contribution in [0.15, 0.2) is 42.5 Å². The third kappa shape index (κ3) is 5.60. The van der Waals surface area contributed by atoms with Crippen LogP contribution in [0, 0.1) is 11.3 Å². The molecule has 2 aromatic rings. The first kappa shape index (κ1) is 21.0. The Labute approximate surface area is 168 Å². The van der Waals surface area contributed by atoms with Crippen molar-refractivity contribution in [2.45, 2.75) is 19.4 Å². The molecule has 9 heteroatoms. The minimum Gasteiger partial charge on any atom is -0.324 e. The summed E-state index contributed by atoms with van der Waals surface area (Å²) in [5.74, 6) is -0.524. The summed E-state index contributed by atoms with van der Waals surface area (Å²) in [6.45, 7) is 1.47. The molecule has 0 radical (unpaired) electrons. The molecule has 2 rings (SSSR count). The molecule has 1 amide bonds. The van der Waals surface area contributed by atoms with Gasteiger partial charge in [0.2, 0.25) is 15.9 Å². The minimum atomic E-state index is -3.78. The number of halogens is 2. The molecule has 0 aliphatic rings. The van der Waals surface area contributed by atoms with Gasteiger partial charge in [-0.2, -0.15) is 5.26 Å². The zero-order valence-corrected chi connectivity index (χ0v) is 16.9. The molecule has 0 fully saturated rings. The van der Waals surface area contributed by atoms with Gasteiger partial charge in [0.15, 0.2) is 0 Å². The molecule has 27 heavy (non-hydrogen) atoms. The van der Waals surface area contributed by atoms with Crippen molar-refractivity contribution in [3.63, 3.8) is 0 Å². The van der Waals surface area contributed by atoms with Crippen LogP contribution in [0.3, 0.4) is 0 Å². The highest BCUT2D eigenvalue weighted by molar-refractivity contribution is 7.92. The van der Waals surface area contributed by atoms with Crippen molar-refractivity contribution in [3.8, 4) is 6.07 Å². The lowest BCUT2D eigenvalue weighted by molar-refractivity contribution is -0.116. The van der Waals surface area contributed by atoms with Crippen LogP contribution in [-0.4, -0.2) is 26.6 Å². The Morgan fingerprint density at radius 3 is 2.22 bits per heavy atom. The van der Waals surface area contributed by atoms with Crippen LogP contribution in [0.1, 0.15) is 12.5 Å². The topological polar surface area (TPSA) is 90.3 Å². The average Bonchev–Trinajstić information content (AvgIpc) is 2.54. The molecule has 0 bridgehead atoms. The third-order valence-corrected chi connectivity index (χ3v) is 5.37. The second kappa shape index (κ2) is 8.61. The van der Waals surface area contributed by atoms with Gasteiger partial charge in [0, 0.05) is 15.7 Å². The zero-order chi connectivity index (χ0) is 20.2. The zero-order valence-electron chi connectivity index (χ0n) is 14.6.